The summed E-state index contributed by atoms with van der Waals surface area (Å²) in [5.41, 5.74) is 0.650. The van der Waals surface area contributed by atoms with Gasteiger partial charge in [0.25, 0.3) is 0 Å². The minimum Gasteiger partial charge on any atom is -0.508 e. The lowest BCUT2D eigenvalue weighted by Crippen LogP contribution is -2.57. The predicted molar refractivity (Wildman–Crippen MR) is 77.3 cm³/mol. The molecule has 0 amide bonds. The van der Waals surface area contributed by atoms with Gasteiger partial charge in [0, 0.05) is 24.7 Å². The van der Waals surface area contributed by atoms with E-state index in [0.717, 1.165) is 18.7 Å². The van der Waals surface area contributed by atoms with Gasteiger partial charge >= 0.3 is 0 Å². The summed E-state index contributed by atoms with van der Waals surface area (Å²) in [6.07, 6.45) is 0. The average molecular weight is 263 g/mol. The molecule has 1 fully saturated rings. The fourth-order valence-corrected chi connectivity index (χ4v) is 3.16. The first-order valence-corrected chi connectivity index (χ1v) is 6.92. The van der Waals surface area contributed by atoms with Crippen molar-refractivity contribution in [3.63, 3.8) is 0 Å². The second kappa shape index (κ2) is 4.80. The molecule has 1 saturated heterocycles. The molecule has 19 heavy (non-hydrogen) atoms. The van der Waals surface area contributed by atoms with Crippen molar-refractivity contribution in [2.45, 2.75) is 51.9 Å². The fourth-order valence-electron chi connectivity index (χ4n) is 3.16. The third-order valence-electron chi connectivity index (χ3n) is 3.65. The second-order valence-electron chi connectivity index (χ2n) is 6.76. The lowest BCUT2D eigenvalue weighted by atomic mass is 9.95. The molecule has 0 bridgehead atoms. The van der Waals surface area contributed by atoms with Gasteiger partial charge in [0.15, 0.2) is 0 Å². The van der Waals surface area contributed by atoms with Crippen LogP contribution in [0.15, 0.2) is 24.3 Å². The Hall–Kier alpha value is -1.06. The average Bonchev–Trinajstić information content (AvgIpc) is 2.24. The molecule has 1 N–H and O–H groups in total. The zero-order valence-electron chi connectivity index (χ0n) is 12.6. The topological polar surface area (TPSA) is 32.7 Å². The number of hydrogen-bond donors (Lipinski definition) is 1. The summed E-state index contributed by atoms with van der Waals surface area (Å²) < 4.78 is 6.10. The van der Waals surface area contributed by atoms with Crippen LogP contribution in [0, 0.1) is 0 Å². The molecule has 1 atom stereocenters. The number of aromatic hydroxyl groups is 1. The van der Waals surface area contributed by atoms with Gasteiger partial charge in [-0.25, -0.2) is 0 Å². The Bertz CT molecular complexity index is 438. The maximum atomic E-state index is 10.0. The summed E-state index contributed by atoms with van der Waals surface area (Å²) in [4.78, 5) is 2.39. The van der Waals surface area contributed by atoms with E-state index in [-0.39, 0.29) is 17.2 Å². The van der Waals surface area contributed by atoms with Crippen molar-refractivity contribution in [3.8, 4) is 5.75 Å². The van der Waals surface area contributed by atoms with Crippen molar-refractivity contribution in [1.82, 2.24) is 4.90 Å². The molecular formula is C16H25NO2. The number of para-hydroxylation sites is 1. The van der Waals surface area contributed by atoms with Crippen LogP contribution in [0.4, 0.5) is 0 Å². The standard InChI is InChI=1S/C16H25NO2/c1-12(13-8-6-7-9-14(13)18)17-10-15(2,3)19-16(4,5)11-17/h6-9,12,18H,10-11H2,1-5H3. The molecule has 0 radical (unpaired) electrons. The summed E-state index contributed by atoms with van der Waals surface area (Å²) in [6, 6.07) is 7.77. The molecule has 1 aromatic carbocycles. The van der Waals surface area contributed by atoms with Gasteiger partial charge in [-0.15, -0.1) is 0 Å². The summed E-state index contributed by atoms with van der Waals surface area (Å²) in [5.74, 6) is 0.372. The van der Waals surface area contributed by atoms with Gasteiger partial charge in [-0.3, -0.25) is 4.90 Å². The predicted octanol–water partition coefficient (Wildman–Crippen LogP) is 3.34. The molecule has 0 saturated carbocycles. The summed E-state index contributed by atoms with van der Waals surface area (Å²) in [5, 5.41) is 10.0. The Morgan fingerprint density at radius 3 is 2.16 bits per heavy atom. The Labute approximate surface area is 116 Å². The highest BCUT2D eigenvalue weighted by atomic mass is 16.5. The van der Waals surface area contributed by atoms with Gasteiger partial charge in [0.2, 0.25) is 0 Å². The molecule has 1 aliphatic rings. The normalized spacial score (nSPS) is 24.1. The Morgan fingerprint density at radius 1 is 1.11 bits per heavy atom. The lowest BCUT2D eigenvalue weighted by molar-refractivity contribution is -0.187. The zero-order chi connectivity index (χ0) is 14.3. The zero-order valence-corrected chi connectivity index (χ0v) is 12.6. The van der Waals surface area contributed by atoms with Crippen molar-refractivity contribution >= 4 is 0 Å². The van der Waals surface area contributed by atoms with Crippen LogP contribution in [0.5, 0.6) is 5.75 Å². The number of morpholine rings is 1. The van der Waals surface area contributed by atoms with E-state index < -0.39 is 0 Å². The lowest BCUT2D eigenvalue weighted by Gasteiger charge is -2.49. The number of nitrogens with zero attached hydrogens (tertiary/aromatic N) is 1. The molecule has 0 spiro atoms. The molecule has 0 aliphatic carbocycles. The third kappa shape index (κ3) is 3.28. The maximum Gasteiger partial charge on any atom is 0.120 e. The molecule has 1 unspecified atom stereocenters. The molecule has 3 nitrogen and oxygen atoms in total. The molecule has 1 heterocycles. The SMILES string of the molecule is CC(c1ccccc1O)N1CC(C)(C)OC(C)(C)C1. The highest BCUT2D eigenvalue weighted by Gasteiger charge is 2.40. The number of ether oxygens (including phenoxy) is 1. The van der Waals surface area contributed by atoms with Gasteiger partial charge in [0.1, 0.15) is 5.75 Å². The minimum atomic E-state index is -0.166. The van der Waals surface area contributed by atoms with Gasteiger partial charge in [-0.05, 0) is 40.7 Å². The fraction of sp³-hybridized carbons (Fsp3) is 0.625. The molecule has 0 aromatic heterocycles. The maximum absolute atomic E-state index is 10.0. The van der Waals surface area contributed by atoms with Crippen LogP contribution in [0.25, 0.3) is 0 Å². The summed E-state index contributed by atoms with van der Waals surface area (Å²) in [7, 11) is 0. The summed E-state index contributed by atoms with van der Waals surface area (Å²) in [6.45, 7) is 12.4. The van der Waals surface area contributed by atoms with Crippen molar-refractivity contribution in [1.29, 1.82) is 0 Å². The van der Waals surface area contributed by atoms with E-state index in [9.17, 15) is 5.11 Å². The molecule has 1 aliphatic heterocycles. The quantitative estimate of drug-likeness (QED) is 0.888. The third-order valence-corrected chi connectivity index (χ3v) is 3.65. The van der Waals surface area contributed by atoms with Crippen LogP contribution >= 0.6 is 0 Å². The number of phenols is 1. The van der Waals surface area contributed by atoms with Crippen molar-refractivity contribution in [2.75, 3.05) is 13.1 Å². The van der Waals surface area contributed by atoms with E-state index in [1.54, 1.807) is 6.07 Å². The minimum absolute atomic E-state index is 0.166. The molecule has 1 aromatic rings. The highest BCUT2D eigenvalue weighted by molar-refractivity contribution is 5.34. The highest BCUT2D eigenvalue weighted by Crippen LogP contribution is 2.35. The molecule has 3 heteroatoms. The van der Waals surface area contributed by atoms with Crippen LogP contribution in [0.3, 0.4) is 0 Å². The van der Waals surface area contributed by atoms with Crippen LogP contribution < -0.4 is 0 Å². The number of phenolic OH excluding ortho intramolecular Hbond substituents is 1. The van der Waals surface area contributed by atoms with Crippen molar-refractivity contribution in [3.05, 3.63) is 29.8 Å². The first kappa shape index (κ1) is 14.4. The van der Waals surface area contributed by atoms with Crippen molar-refractivity contribution in [2.24, 2.45) is 0 Å². The van der Waals surface area contributed by atoms with Crippen LogP contribution in [-0.4, -0.2) is 34.3 Å². The van der Waals surface area contributed by atoms with E-state index >= 15 is 0 Å². The first-order valence-electron chi connectivity index (χ1n) is 6.92. The van der Waals surface area contributed by atoms with Crippen LogP contribution in [-0.2, 0) is 4.74 Å². The Kier molecular flexibility index (Phi) is 3.63. The molecule has 2 rings (SSSR count). The number of hydrogen-bond acceptors (Lipinski definition) is 3. The van der Waals surface area contributed by atoms with E-state index in [0.29, 0.717) is 5.75 Å². The smallest absolute Gasteiger partial charge is 0.120 e. The van der Waals surface area contributed by atoms with E-state index in [1.807, 2.05) is 18.2 Å². The number of rotatable bonds is 2. The van der Waals surface area contributed by atoms with E-state index in [4.69, 9.17) is 4.74 Å². The number of benzene rings is 1. The first-order chi connectivity index (χ1) is 8.70. The Balaban J connectivity index is 2.24. The monoisotopic (exact) mass is 263 g/mol. The van der Waals surface area contributed by atoms with Crippen molar-refractivity contribution < 1.29 is 9.84 Å². The van der Waals surface area contributed by atoms with Gasteiger partial charge < -0.3 is 9.84 Å². The van der Waals surface area contributed by atoms with E-state index in [2.05, 4.69) is 39.5 Å². The van der Waals surface area contributed by atoms with Crippen LogP contribution in [0.2, 0.25) is 0 Å². The van der Waals surface area contributed by atoms with Crippen LogP contribution in [0.1, 0.15) is 46.2 Å². The van der Waals surface area contributed by atoms with Gasteiger partial charge in [0.05, 0.1) is 11.2 Å². The van der Waals surface area contributed by atoms with E-state index in [1.165, 1.54) is 0 Å². The molecule has 106 valence electrons. The largest absolute Gasteiger partial charge is 0.508 e. The van der Waals surface area contributed by atoms with Gasteiger partial charge in [-0.1, -0.05) is 18.2 Å². The Morgan fingerprint density at radius 2 is 1.63 bits per heavy atom. The molecular weight excluding hydrogens is 238 g/mol. The summed E-state index contributed by atoms with van der Waals surface area (Å²) >= 11 is 0. The van der Waals surface area contributed by atoms with Gasteiger partial charge in [-0.2, -0.15) is 0 Å². The second-order valence-corrected chi connectivity index (χ2v) is 6.76.